The van der Waals surface area contributed by atoms with Crippen LogP contribution in [0, 0.1) is 0 Å². The van der Waals surface area contributed by atoms with Crippen molar-refractivity contribution >= 4 is 28.5 Å². The molecule has 0 atom stereocenters. The summed E-state index contributed by atoms with van der Waals surface area (Å²) in [7, 11) is 0. The summed E-state index contributed by atoms with van der Waals surface area (Å²) in [6.07, 6.45) is 0. The van der Waals surface area contributed by atoms with Crippen LogP contribution in [0.25, 0.3) is 10.9 Å². The molecule has 25 heavy (non-hydrogen) atoms. The van der Waals surface area contributed by atoms with E-state index in [2.05, 4.69) is 10.2 Å². The molecule has 0 saturated heterocycles. The van der Waals surface area contributed by atoms with Crippen molar-refractivity contribution in [2.45, 2.75) is 19.9 Å². The summed E-state index contributed by atoms with van der Waals surface area (Å²) in [6, 6.07) is 16.5. The van der Waals surface area contributed by atoms with Gasteiger partial charge in [0, 0.05) is 17.1 Å². The number of nitrogens with one attached hydrogen (secondary N) is 1. The van der Waals surface area contributed by atoms with Crippen molar-refractivity contribution < 1.29 is 14.3 Å². The number of benzene rings is 2. The minimum atomic E-state index is -0.623. The third-order valence-corrected chi connectivity index (χ3v) is 3.81. The Labute approximate surface area is 145 Å². The number of nitrogens with zero attached hydrogens (tertiary/aromatic N) is 2. The Morgan fingerprint density at radius 2 is 1.76 bits per heavy atom. The zero-order valence-corrected chi connectivity index (χ0v) is 14.1. The molecular formula is C19H19N3O3. The van der Waals surface area contributed by atoms with Gasteiger partial charge in [-0.1, -0.05) is 36.4 Å². The second-order valence-electron chi connectivity index (χ2n) is 5.89. The maximum Gasteiger partial charge on any atom is 0.359 e. The number of rotatable bonds is 5. The van der Waals surface area contributed by atoms with E-state index in [9.17, 15) is 9.59 Å². The molecule has 0 bridgehead atoms. The summed E-state index contributed by atoms with van der Waals surface area (Å²) < 4.78 is 5.20. The number of fused-ring (bicyclic) bond motifs is 1. The SMILES string of the molecule is CC(C)N(C(=O)COC(=O)c1n[nH]c2ccccc12)c1ccccc1. The molecule has 6 nitrogen and oxygen atoms in total. The van der Waals surface area contributed by atoms with E-state index in [1.165, 1.54) is 0 Å². The van der Waals surface area contributed by atoms with E-state index in [1.54, 1.807) is 11.0 Å². The zero-order valence-electron chi connectivity index (χ0n) is 14.1. The van der Waals surface area contributed by atoms with Crippen LogP contribution < -0.4 is 4.90 Å². The topological polar surface area (TPSA) is 75.3 Å². The van der Waals surface area contributed by atoms with E-state index < -0.39 is 5.97 Å². The number of ether oxygens (including phenoxy) is 1. The molecule has 0 radical (unpaired) electrons. The molecule has 1 heterocycles. The van der Waals surface area contributed by atoms with Crippen molar-refractivity contribution in [3.8, 4) is 0 Å². The van der Waals surface area contributed by atoms with E-state index in [0.29, 0.717) is 5.39 Å². The normalized spacial score (nSPS) is 10.8. The minimum Gasteiger partial charge on any atom is -0.451 e. The van der Waals surface area contributed by atoms with Crippen LogP contribution in [0.2, 0.25) is 0 Å². The monoisotopic (exact) mass is 337 g/mol. The average molecular weight is 337 g/mol. The van der Waals surface area contributed by atoms with Crippen molar-refractivity contribution in [3.63, 3.8) is 0 Å². The fourth-order valence-corrected chi connectivity index (χ4v) is 2.70. The van der Waals surface area contributed by atoms with Crippen molar-refractivity contribution in [1.29, 1.82) is 0 Å². The van der Waals surface area contributed by atoms with Crippen molar-refractivity contribution in [2.24, 2.45) is 0 Å². The van der Waals surface area contributed by atoms with Crippen LogP contribution in [0.15, 0.2) is 54.6 Å². The summed E-state index contributed by atoms with van der Waals surface area (Å²) in [5, 5.41) is 7.43. The molecule has 0 aliphatic rings. The highest BCUT2D eigenvalue weighted by Crippen LogP contribution is 2.18. The summed E-state index contributed by atoms with van der Waals surface area (Å²) in [5.41, 5.74) is 1.69. The lowest BCUT2D eigenvalue weighted by Crippen LogP contribution is -2.39. The Morgan fingerprint density at radius 3 is 2.48 bits per heavy atom. The van der Waals surface area contributed by atoms with Crippen LogP contribution in [0.3, 0.4) is 0 Å². The molecule has 0 unspecified atom stereocenters. The van der Waals surface area contributed by atoms with Gasteiger partial charge in [-0.3, -0.25) is 9.89 Å². The number of H-pyrrole nitrogens is 1. The number of aromatic amines is 1. The molecule has 0 aliphatic carbocycles. The lowest BCUT2D eigenvalue weighted by atomic mass is 10.2. The largest absolute Gasteiger partial charge is 0.451 e. The average Bonchev–Trinajstić information content (AvgIpc) is 3.04. The van der Waals surface area contributed by atoms with Gasteiger partial charge < -0.3 is 9.64 Å². The lowest BCUT2D eigenvalue weighted by molar-refractivity contribution is -0.122. The maximum atomic E-state index is 12.5. The molecule has 1 N–H and O–H groups in total. The number of para-hydroxylation sites is 2. The van der Waals surface area contributed by atoms with E-state index in [1.807, 2.05) is 62.4 Å². The summed E-state index contributed by atoms with van der Waals surface area (Å²) in [6.45, 7) is 3.48. The van der Waals surface area contributed by atoms with Gasteiger partial charge in [-0.25, -0.2) is 4.79 Å². The molecule has 1 aromatic heterocycles. The first-order valence-electron chi connectivity index (χ1n) is 8.05. The predicted octanol–water partition coefficient (Wildman–Crippen LogP) is 3.16. The number of hydrogen-bond acceptors (Lipinski definition) is 4. The van der Waals surface area contributed by atoms with Gasteiger partial charge in [0.15, 0.2) is 12.3 Å². The lowest BCUT2D eigenvalue weighted by Gasteiger charge is -2.26. The van der Waals surface area contributed by atoms with Crippen LogP contribution in [0.1, 0.15) is 24.3 Å². The van der Waals surface area contributed by atoms with Crippen LogP contribution in [-0.2, 0) is 9.53 Å². The van der Waals surface area contributed by atoms with Gasteiger partial charge in [-0.2, -0.15) is 5.10 Å². The van der Waals surface area contributed by atoms with Crippen molar-refractivity contribution in [2.75, 3.05) is 11.5 Å². The molecule has 0 spiro atoms. The van der Waals surface area contributed by atoms with Crippen LogP contribution in [0.5, 0.6) is 0 Å². The number of carbonyl (C=O) groups is 2. The van der Waals surface area contributed by atoms with E-state index >= 15 is 0 Å². The van der Waals surface area contributed by atoms with Crippen LogP contribution in [-0.4, -0.2) is 34.7 Å². The Bertz CT molecular complexity index is 887. The molecule has 3 rings (SSSR count). The van der Waals surface area contributed by atoms with Gasteiger partial charge >= 0.3 is 5.97 Å². The van der Waals surface area contributed by atoms with E-state index in [4.69, 9.17) is 4.74 Å². The molecule has 6 heteroatoms. The number of carbonyl (C=O) groups excluding carboxylic acids is 2. The van der Waals surface area contributed by atoms with Crippen molar-refractivity contribution in [1.82, 2.24) is 10.2 Å². The second-order valence-corrected chi connectivity index (χ2v) is 5.89. The van der Waals surface area contributed by atoms with Gasteiger partial charge in [0.2, 0.25) is 0 Å². The number of anilines is 1. The van der Waals surface area contributed by atoms with Crippen LogP contribution >= 0.6 is 0 Å². The fraction of sp³-hybridized carbons (Fsp3) is 0.211. The van der Waals surface area contributed by atoms with Gasteiger partial charge in [-0.15, -0.1) is 0 Å². The Balaban J connectivity index is 1.71. The highest BCUT2D eigenvalue weighted by molar-refractivity contribution is 6.03. The number of amides is 1. The first-order chi connectivity index (χ1) is 12.1. The first kappa shape index (κ1) is 16.7. The Morgan fingerprint density at radius 1 is 1.08 bits per heavy atom. The Hall–Kier alpha value is -3.15. The zero-order chi connectivity index (χ0) is 17.8. The van der Waals surface area contributed by atoms with Gasteiger partial charge in [0.25, 0.3) is 5.91 Å². The van der Waals surface area contributed by atoms with Gasteiger partial charge in [-0.05, 0) is 32.0 Å². The predicted molar refractivity (Wildman–Crippen MR) is 95.4 cm³/mol. The third-order valence-electron chi connectivity index (χ3n) is 3.81. The standard InChI is InChI=1S/C19H19N3O3/c1-13(2)22(14-8-4-3-5-9-14)17(23)12-25-19(24)18-15-10-6-7-11-16(15)20-21-18/h3-11,13H,12H2,1-2H3,(H,20,21). The van der Waals surface area contributed by atoms with Gasteiger partial charge in [0.05, 0.1) is 5.52 Å². The Kier molecular flexibility index (Phi) is 4.79. The summed E-state index contributed by atoms with van der Waals surface area (Å²) >= 11 is 0. The molecule has 1 amide bonds. The molecule has 2 aromatic carbocycles. The number of hydrogen-bond donors (Lipinski definition) is 1. The number of esters is 1. The molecule has 0 saturated carbocycles. The summed E-state index contributed by atoms with van der Waals surface area (Å²) in [4.78, 5) is 26.4. The minimum absolute atomic E-state index is 0.0557. The third kappa shape index (κ3) is 3.52. The van der Waals surface area contributed by atoms with Crippen LogP contribution in [0.4, 0.5) is 5.69 Å². The highest BCUT2D eigenvalue weighted by Gasteiger charge is 2.22. The molecule has 3 aromatic rings. The van der Waals surface area contributed by atoms with E-state index in [0.717, 1.165) is 11.2 Å². The second kappa shape index (κ2) is 7.17. The molecular weight excluding hydrogens is 318 g/mol. The summed E-state index contributed by atoms with van der Waals surface area (Å²) in [5.74, 6) is -0.906. The molecule has 128 valence electrons. The number of aromatic nitrogens is 2. The molecule has 0 aliphatic heterocycles. The highest BCUT2D eigenvalue weighted by atomic mass is 16.5. The maximum absolute atomic E-state index is 12.5. The van der Waals surface area contributed by atoms with E-state index in [-0.39, 0.29) is 24.2 Å². The fourth-order valence-electron chi connectivity index (χ4n) is 2.70. The van der Waals surface area contributed by atoms with Crippen molar-refractivity contribution in [3.05, 3.63) is 60.3 Å². The first-order valence-corrected chi connectivity index (χ1v) is 8.05. The smallest absolute Gasteiger partial charge is 0.359 e. The quantitative estimate of drug-likeness (QED) is 0.726. The molecule has 0 fully saturated rings. The van der Waals surface area contributed by atoms with Gasteiger partial charge in [0.1, 0.15) is 0 Å².